The molecule has 0 bridgehead atoms. The quantitative estimate of drug-likeness (QED) is 0.807. The number of nitrogens with one attached hydrogen (secondary N) is 1. The third-order valence-electron chi connectivity index (χ3n) is 2.16. The molecule has 0 atom stereocenters. The number of aromatic nitrogens is 1. The van der Waals surface area contributed by atoms with E-state index < -0.39 is 29.3 Å². The van der Waals surface area contributed by atoms with Crippen molar-refractivity contribution < 1.29 is 23.0 Å². The van der Waals surface area contributed by atoms with Gasteiger partial charge in [0.15, 0.2) is 5.75 Å². The minimum atomic E-state index is -2.91. The Hall–Kier alpha value is -1.92. The third-order valence-corrected chi connectivity index (χ3v) is 2.16. The lowest BCUT2D eigenvalue weighted by Gasteiger charge is -2.11. The van der Waals surface area contributed by atoms with Gasteiger partial charge in [0.2, 0.25) is 0 Å². The molecular weight excluding hydrogens is 236 g/mol. The smallest absolute Gasteiger partial charge is 0.310 e. The van der Waals surface area contributed by atoms with E-state index in [9.17, 15) is 18.4 Å². The average Bonchev–Trinajstić information content (AvgIpc) is 2.30. The summed E-state index contributed by atoms with van der Waals surface area (Å²) < 4.78 is 34.6. The van der Waals surface area contributed by atoms with Gasteiger partial charge < -0.3 is 14.5 Å². The second kappa shape index (κ2) is 5.42. The van der Waals surface area contributed by atoms with Crippen molar-refractivity contribution in [2.75, 3.05) is 14.2 Å². The maximum absolute atomic E-state index is 12.8. The minimum absolute atomic E-state index is 0.0247. The highest BCUT2D eigenvalue weighted by molar-refractivity contribution is 5.73. The van der Waals surface area contributed by atoms with Crippen molar-refractivity contribution in [3.8, 4) is 5.75 Å². The van der Waals surface area contributed by atoms with Crippen LogP contribution in [0.25, 0.3) is 0 Å². The van der Waals surface area contributed by atoms with Gasteiger partial charge in [-0.05, 0) is 5.56 Å². The molecule has 17 heavy (non-hydrogen) atoms. The Bertz CT molecular complexity index is 470. The van der Waals surface area contributed by atoms with E-state index in [-0.39, 0.29) is 12.0 Å². The second-order valence-corrected chi connectivity index (χ2v) is 3.14. The van der Waals surface area contributed by atoms with Crippen molar-refractivity contribution in [3.05, 3.63) is 27.7 Å². The summed E-state index contributed by atoms with van der Waals surface area (Å²) in [6, 6.07) is 0. The lowest BCUT2D eigenvalue weighted by atomic mass is 10.1. The molecule has 1 N–H and O–H groups in total. The van der Waals surface area contributed by atoms with E-state index in [0.717, 1.165) is 20.4 Å². The molecule has 0 aliphatic rings. The first-order valence-electron chi connectivity index (χ1n) is 4.64. The molecule has 1 aromatic heterocycles. The molecule has 94 valence electrons. The van der Waals surface area contributed by atoms with Crippen molar-refractivity contribution in [1.29, 1.82) is 0 Å². The fourth-order valence-corrected chi connectivity index (χ4v) is 1.38. The Morgan fingerprint density at radius 1 is 1.47 bits per heavy atom. The average molecular weight is 247 g/mol. The van der Waals surface area contributed by atoms with Crippen molar-refractivity contribution >= 4 is 5.97 Å². The number of halogens is 2. The third kappa shape index (κ3) is 2.80. The van der Waals surface area contributed by atoms with Crippen LogP contribution in [0.15, 0.2) is 11.0 Å². The number of hydrogen-bond donors (Lipinski definition) is 1. The molecule has 5 nitrogen and oxygen atoms in total. The highest BCUT2D eigenvalue weighted by Crippen LogP contribution is 2.29. The van der Waals surface area contributed by atoms with Gasteiger partial charge in [-0.25, -0.2) is 8.78 Å². The Balaban J connectivity index is 3.30. The fraction of sp³-hybridized carbons (Fsp3) is 0.400. The molecule has 0 spiro atoms. The van der Waals surface area contributed by atoms with Crippen molar-refractivity contribution in [1.82, 2.24) is 4.98 Å². The van der Waals surface area contributed by atoms with Crippen LogP contribution < -0.4 is 10.3 Å². The van der Waals surface area contributed by atoms with E-state index in [0.29, 0.717) is 0 Å². The van der Waals surface area contributed by atoms with Crippen LogP contribution in [0, 0.1) is 0 Å². The maximum Gasteiger partial charge on any atom is 0.310 e. The van der Waals surface area contributed by atoms with Crippen molar-refractivity contribution in [2.24, 2.45) is 0 Å². The molecule has 0 saturated carbocycles. The lowest BCUT2D eigenvalue weighted by Crippen LogP contribution is -2.16. The van der Waals surface area contributed by atoms with Gasteiger partial charge >= 0.3 is 5.97 Å². The summed E-state index contributed by atoms with van der Waals surface area (Å²) in [6.07, 6.45) is -2.21. The molecule has 0 fully saturated rings. The van der Waals surface area contributed by atoms with Crippen LogP contribution in [0.4, 0.5) is 8.78 Å². The summed E-state index contributed by atoms with van der Waals surface area (Å²) in [5.74, 6) is -1.16. The van der Waals surface area contributed by atoms with Crippen LogP contribution in [-0.2, 0) is 16.0 Å². The Morgan fingerprint density at radius 3 is 2.59 bits per heavy atom. The van der Waals surface area contributed by atoms with E-state index in [2.05, 4.69) is 14.5 Å². The molecule has 0 saturated heterocycles. The number of alkyl halides is 2. The Kier molecular flexibility index (Phi) is 4.19. The molecule has 0 amide bonds. The first-order chi connectivity index (χ1) is 8.01. The maximum atomic E-state index is 12.8. The number of hydrogen-bond acceptors (Lipinski definition) is 4. The van der Waals surface area contributed by atoms with Gasteiger partial charge in [-0.3, -0.25) is 9.59 Å². The van der Waals surface area contributed by atoms with Crippen LogP contribution in [-0.4, -0.2) is 25.2 Å². The van der Waals surface area contributed by atoms with Gasteiger partial charge in [-0.15, -0.1) is 0 Å². The van der Waals surface area contributed by atoms with Gasteiger partial charge in [-0.2, -0.15) is 0 Å². The zero-order valence-electron chi connectivity index (χ0n) is 9.25. The van der Waals surface area contributed by atoms with E-state index >= 15 is 0 Å². The van der Waals surface area contributed by atoms with Crippen molar-refractivity contribution in [3.63, 3.8) is 0 Å². The van der Waals surface area contributed by atoms with Crippen LogP contribution in [0.2, 0.25) is 0 Å². The van der Waals surface area contributed by atoms with E-state index in [1.165, 1.54) is 0 Å². The van der Waals surface area contributed by atoms with Gasteiger partial charge in [0, 0.05) is 6.20 Å². The molecule has 1 rings (SSSR count). The number of aromatic amines is 1. The molecule has 7 heteroatoms. The van der Waals surface area contributed by atoms with Gasteiger partial charge in [0.1, 0.15) is 0 Å². The topological polar surface area (TPSA) is 68.4 Å². The Morgan fingerprint density at radius 2 is 2.12 bits per heavy atom. The number of esters is 1. The van der Waals surface area contributed by atoms with Gasteiger partial charge in [0.25, 0.3) is 12.0 Å². The molecule has 1 heterocycles. The molecule has 0 aliphatic heterocycles. The highest BCUT2D eigenvalue weighted by Gasteiger charge is 2.23. The second-order valence-electron chi connectivity index (χ2n) is 3.14. The van der Waals surface area contributed by atoms with Crippen LogP contribution >= 0.6 is 0 Å². The first kappa shape index (κ1) is 13.1. The zero-order chi connectivity index (χ0) is 13.0. The molecule has 0 radical (unpaired) electrons. The summed E-state index contributed by atoms with van der Waals surface area (Å²) in [6.45, 7) is 0. The summed E-state index contributed by atoms with van der Waals surface area (Å²) in [7, 11) is 2.26. The zero-order valence-corrected chi connectivity index (χ0v) is 9.25. The van der Waals surface area contributed by atoms with Crippen molar-refractivity contribution in [2.45, 2.75) is 12.8 Å². The first-order valence-corrected chi connectivity index (χ1v) is 4.64. The van der Waals surface area contributed by atoms with Crippen LogP contribution in [0.1, 0.15) is 17.6 Å². The predicted molar refractivity (Wildman–Crippen MR) is 54.3 cm³/mol. The number of pyridine rings is 1. The SMILES string of the molecule is COC(=O)Cc1c[nH]c(=O)c(OC)c1C(F)F. The van der Waals surface area contributed by atoms with Gasteiger partial charge in [-0.1, -0.05) is 0 Å². The summed E-state index contributed by atoms with van der Waals surface area (Å²) in [5, 5.41) is 0. The predicted octanol–water partition coefficient (Wildman–Crippen LogP) is 1.04. The number of carbonyl (C=O) groups is 1. The molecular formula is C10H11F2NO4. The highest BCUT2D eigenvalue weighted by atomic mass is 19.3. The number of rotatable bonds is 4. The molecule has 0 unspecified atom stereocenters. The lowest BCUT2D eigenvalue weighted by molar-refractivity contribution is -0.139. The number of H-pyrrole nitrogens is 1. The van der Waals surface area contributed by atoms with Gasteiger partial charge in [0.05, 0.1) is 26.2 Å². The number of carbonyl (C=O) groups excluding carboxylic acids is 1. The molecule has 0 aromatic carbocycles. The monoisotopic (exact) mass is 247 g/mol. The summed E-state index contributed by atoms with van der Waals surface area (Å²) >= 11 is 0. The van der Waals surface area contributed by atoms with E-state index in [4.69, 9.17) is 0 Å². The Labute approximate surface area is 95.4 Å². The minimum Gasteiger partial charge on any atom is -0.491 e. The molecule has 1 aromatic rings. The number of methoxy groups -OCH3 is 2. The van der Waals surface area contributed by atoms with Crippen LogP contribution in [0.3, 0.4) is 0 Å². The van der Waals surface area contributed by atoms with E-state index in [1.807, 2.05) is 0 Å². The largest absolute Gasteiger partial charge is 0.491 e. The molecule has 0 aliphatic carbocycles. The standard InChI is InChI=1S/C10H11F2NO4/c1-16-6(14)3-5-4-13-10(15)8(17-2)7(5)9(11)12/h4,9H,3H2,1-2H3,(H,13,15). The summed E-state index contributed by atoms with van der Waals surface area (Å²) in [5.41, 5.74) is -1.37. The fourth-order valence-electron chi connectivity index (χ4n) is 1.38. The van der Waals surface area contributed by atoms with E-state index in [1.54, 1.807) is 0 Å². The summed E-state index contributed by atoms with van der Waals surface area (Å²) in [4.78, 5) is 24.5. The number of ether oxygens (including phenoxy) is 2. The normalized spacial score (nSPS) is 10.4. The van der Waals surface area contributed by atoms with Crippen LogP contribution in [0.5, 0.6) is 5.75 Å².